The van der Waals surface area contributed by atoms with Crippen LogP contribution in [0.5, 0.6) is 11.5 Å². The molecule has 2 aromatic carbocycles. The Kier molecular flexibility index (Phi) is 9.02. The van der Waals surface area contributed by atoms with Crippen LogP contribution in [0.25, 0.3) is 0 Å². The molecule has 0 fully saturated rings. The van der Waals surface area contributed by atoms with Gasteiger partial charge in [-0.25, -0.2) is 0 Å². The molecule has 2 aromatic rings. The third kappa shape index (κ3) is 5.58. The average molecular weight is 456 g/mol. The molecule has 0 saturated heterocycles. The van der Waals surface area contributed by atoms with Crippen LogP contribution in [0.4, 0.5) is 26.3 Å². The van der Waals surface area contributed by atoms with Crippen LogP contribution in [0.15, 0.2) is 24.3 Å². The number of hydrogen-bond acceptors (Lipinski definition) is 2. The summed E-state index contributed by atoms with van der Waals surface area (Å²) in [5, 5.41) is 0. The van der Waals surface area contributed by atoms with E-state index >= 15 is 0 Å². The molecule has 2 rings (SSSR count). The predicted octanol–water partition coefficient (Wildman–Crippen LogP) is -2.10. The first-order valence-electron chi connectivity index (χ1n) is 5.26. The van der Waals surface area contributed by atoms with Crippen LogP contribution >= 0.6 is 0 Å². The second-order valence-corrected chi connectivity index (χ2v) is 5.10. The zero-order chi connectivity index (χ0) is 15.6. The summed E-state index contributed by atoms with van der Waals surface area (Å²) >= 11 is -2.60. The fourth-order valence-electron chi connectivity index (χ4n) is 1.36. The van der Waals surface area contributed by atoms with Gasteiger partial charge in [-0.05, 0) is 0 Å². The summed E-state index contributed by atoms with van der Waals surface area (Å²) in [6.07, 6.45) is 0. The second-order valence-electron chi connectivity index (χ2n) is 3.68. The third-order valence-corrected chi connectivity index (χ3v) is 3.63. The quantitative estimate of drug-likeness (QED) is 0.492. The molecule has 0 amide bonds. The van der Waals surface area contributed by atoms with Crippen LogP contribution in [-0.2, 0) is 24.1 Å². The van der Waals surface area contributed by atoms with E-state index in [4.69, 9.17) is 0 Å². The Balaban J connectivity index is 0.00000242. The fraction of sp³-hybridized carbons (Fsp3) is 0. The molecule has 0 spiro atoms. The monoisotopic (exact) mass is 454 g/mol. The standard InChI is InChI=1S/2C6H3F3O.2ClH.Zr/c2*7-3-1-4(8)6(10)5(9)2-3;;;/h2*1-2,10H;2*1H;/q;;;;+4/p-4. The predicted molar refractivity (Wildman–Crippen MR) is 53.9 cm³/mol. The minimum atomic E-state index is -2.60. The third-order valence-electron chi connectivity index (χ3n) is 2.21. The first-order valence-corrected chi connectivity index (χ1v) is 7.27. The van der Waals surface area contributed by atoms with Crippen molar-refractivity contribution >= 4 is 0 Å². The second kappa shape index (κ2) is 9.40. The molecule has 0 radical (unpaired) electrons. The SMILES string of the molecule is Fc1cc(F)c([O][Zr+2][O]c2c(F)cc(F)cc2F)c(F)c1.[Cl-].[Cl-]. The van der Waals surface area contributed by atoms with E-state index in [0.717, 1.165) is 0 Å². The summed E-state index contributed by atoms with van der Waals surface area (Å²) in [5.74, 6) is -9.31. The van der Waals surface area contributed by atoms with E-state index in [0.29, 0.717) is 24.3 Å². The number of hydrogen-bond donors (Lipinski definition) is 0. The molecular weight excluding hydrogens is 452 g/mol. The minimum Gasteiger partial charge on any atom is -1.00 e. The van der Waals surface area contributed by atoms with Crippen LogP contribution in [0.3, 0.4) is 0 Å². The summed E-state index contributed by atoms with van der Waals surface area (Å²) in [4.78, 5) is 0. The molecule has 0 unspecified atom stereocenters. The molecule has 2 nitrogen and oxygen atoms in total. The molecule has 11 heteroatoms. The van der Waals surface area contributed by atoms with Crippen molar-refractivity contribution in [3.05, 3.63) is 59.2 Å². The van der Waals surface area contributed by atoms with Crippen molar-refractivity contribution in [2.75, 3.05) is 0 Å². The molecule has 0 aromatic heterocycles. The topological polar surface area (TPSA) is 18.5 Å². The summed E-state index contributed by atoms with van der Waals surface area (Å²) in [7, 11) is 0. The Morgan fingerprint density at radius 1 is 0.565 bits per heavy atom. The summed E-state index contributed by atoms with van der Waals surface area (Å²) < 4.78 is 87.5. The molecular formula is C12H4Cl2F6O2Zr. The van der Waals surface area contributed by atoms with E-state index in [1.54, 1.807) is 0 Å². The van der Waals surface area contributed by atoms with Gasteiger partial charge in [0.1, 0.15) is 0 Å². The van der Waals surface area contributed by atoms with Crippen LogP contribution in [0.1, 0.15) is 0 Å². The molecule has 0 bridgehead atoms. The number of benzene rings is 2. The molecule has 0 atom stereocenters. The Morgan fingerprint density at radius 3 is 1.09 bits per heavy atom. The van der Waals surface area contributed by atoms with E-state index < -0.39 is 70.5 Å². The van der Waals surface area contributed by atoms with Crippen molar-refractivity contribution in [2.45, 2.75) is 0 Å². The van der Waals surface area contributed by atoms with Crippen molar-refractivity contribution < 1.29 is 80.9 Å². The number of halogens is 8. The maximum atomic E-state index is 13.2. The smallest absolute Gasteiger partial charge is 1.00 e. The summed E-state index contributed by atoms with van der Waals surface area (Å²) in [6, 6.07) is 1.54. The molecule has 0 aliphatic rings. The molecule has 0 aliphatic carbocycles. The van der Waals surface area contributed by atoms with E-state index in [-0.39, 0.29) is 24.8 Å². The van der Waals surface area contributed by atoms with Gasteiger partial charge in [0, 0.05) is 0 Å². The summed E-state index contributed by atoms with van der Waals surface area (Å²) in [6.45, 7) is 0. The van der Waals surface area contributed by atoms with E-state index in [1.165, 1.54) is 0 Å². The zero-order valence-corrected chi connectivity index (χ0v) is 14.6. The number of rotatable bonds is 4. The van der Waals surface area contributed by atoms with Crippen molar-refractivity contribution in [3.8, 4) is 11.5 Å². The van der Waals surface area contributed by atoms with E-state index in [2.05, 4.69) is 5.63 Å². The average Bonchev–Trinajstić information content (AvgIpc) is 2.34. The Labute approximate surface area is 151 Å². The van der Waals surface area contributed by atoms with Crippen molar-refractivity contribution in [1.29, 1.82) is 0 Å². The normalized spacial score (nSPS) is 9.30. The van der Waals surface area contributed by atoms with Crippen LogP contribution < -0.4 is 30.4 Å². The van der Waals surface area contributed by atoms with Crippen LogP contribution in [0, 0.1) is 34.9 Å². The van der Waals surface area contributed by atoms with Gasteiger partial charge in [0.05, 0.1) is 0 Å². The minimum absolute atomic E-state index is 0. The zero-order valence-electron chi connectivity index (χ0n) is 10.6. The summed E-state index contributed by atoms with van der Waals surface area (Å²) in [5.41, 5.74) is 0. The van der Waals surface area contributed by atoms with Gasteiger partial charge < -0.3 is 24.8 Å². The largest absolute Gasteiger partial charge is 1.00 e. The Bertz CT molecular complexity index is 585. The first kappa shape index (κ1) is 22.1. The van der Waals surface area contributed by atoms with Gasteiger partial charge in [-0.1, -0.05) is 0 Å². The van der Waals surface area contributed by atoms with Gasteiger partial charge in [0.2, 0.25) is 0 Å². The Morgan fingerprint density at radius 2 is 0.826 bits per heavy atom. The van der Waals surface area contributed by atoms with Gasteiger partial charge >= 0.3 is 127 Å². The Hall–Kier alpha value is -0.917. The van der Waals surface area contributed by atoms with E-state index in [9.17, 15) is 26.3 Å². The van der Waals surface area contributed by atoms with Crippen molar-refractivity contribution in [2.24, 2.45) is 0 Å². The van der Waals surface area contributed by atoms with E-state index in [1.807, 2.05) is 0 Å². The van der Waals surface area contributed by atoms with Gasteiger partial charge in [-0.15, -0.1) is 0 Å². The first-order chi connectivity index (χ1) is 9.88. The molecule has 0 saturated carbocycles. The molecule has 23 heavy (non-hydrogen) atoms. The van der Waals surface area contributed by atoms with Crippen molar-refractivity contribution in [3.63, 3.8) is 0 Å². The maximum Gasteiger partial charge on any atom is -1.00 e. The maximum absolute atomic E-state index is 13.2. The van der Waals surface area contributed by atoms with Gasteiger partial charge in [-0.3, -0.25) is 0 Å². The van der Waals surface area contributed by atoms with Crippen LogP contribution in [-0.4, -0.2) is 0 Å². The van der Waals surface area contributed by atoms with Gasteiger partial charge in [0.15, 0.2) is 0 Å². The molecule has 124 valence electrons. The molecule has 0 heterocycles. The molecule has 0 aliphatic heterocycles. The molecule has 0 N–H and O–H groups in total. The van der Waals surface area contributed by atoms with Crippen LogP contribution in [0.2, 0.25) is 0 Å². The van der Waals surface area contributed by atoms with Gasteiger partial charge in [-0.2, -0.15) is 0 Å². The fourth-order valence-corrected chi connectivity index (χ4v) is 2.83. The van der Waals surface area contributed by atoms with Crippen molar-refractivity contribution in [1.82, 2.24) is 0 Å². The van der Waals surface area contributed by atoms with Gasteiger partial charge in [0.25, 0.3) is 0 Å².